The normalized spacial score (nSPS) is 25.3. The zero-order chi connectivity index (χ0) is 11.4. The van der Waals surface area contributed by atoms with E-state index in [1.165, 1.54) is 25.7 Å². The van der Waals surface area contributed by atoms with Gasteiger partial charge in [-0.15, -0.1) is 0 Å². The number of aromatic nitrogens is 2. The molecule has 1 aliphatic carbocycles. The van der Waals surface area contributed by atoms with Crippen molar-refractivity contribution in [2.24, 2.45) is 11.8 Å². The van der Waals surface area contributed by atoms with Crippen LogP contribution in [-0.4, -0.2) is 16.5 Å². The third-order valence-corrected chi connectivity index (χ3v) is 3.40. The van der Waals surface area contributed by atoms with E-state index in [9.17, 15) is 4.79 Å². The van der Waals surface area contributed by atoms with Crippen LogP contribution in [-0.2, 0) is 0 Å². The lowest BCUT2D eigenvalue weighted by Crippen LogP contribution is -2.23. The summed E-state index contributed by atoms with van der Waals surface area (Å²) in [5.74, 6) is 2.01. The number of rotatable bonds is 3. The summed E-state index contributed by atoms with van der Waals surface area (Å²) in [6.45, 7) is 3.18. The van der Waals surface area contributed by atoms with E-state index in [1.54, 1.807) is 12.4 Å². The molecule has 2 rings (SSSR count). The molecule has 1 heterocycles. The average Bonchev–Trinajstić information content (AvgIpc) is 2.30. The molecule has 1 aliphatic rings. The van der Waals surface area contributed by atoms with Crippen LogP contribution in [0.1, 0.15) is 32.6 Å². The van der Waals surface area contributed by atoms with Crippen LogP contribution >= 0.6 is 0 Å². The minimum absolute atomic E-state index is 0.133. The van der Waals surface area contributed by atoms with Crippen molar-refractivity contribution in [2.75, 3.05) is 11.9 Å². The molecule has 88 valence electrons. The molecule has 4 nitrogen and oxygen atoms in total. The summed E-state index contributed by atoms with van der Waals surface area (Å²) in [5, 5.41) is 3.14. The maximum atomic E-state index is 11.4. The molecule has 0 amide bonds. The molecular weight excluding hydrogens is 202 g/mol. The highest BCUT2D eigenvalue weighted by atomic mass is 16.1. The first kappa shape index (κ1) is 11.2. The summed E-state index contributed by atoms with van der Waals surface area (Å²) in [7, 11) is 0. The lowest BCUT2D eigenvalue weighted by Gasteiger charge is -2.26. The van der Waals surface area contributed by atoms with Crippen LogP contribution < -0.4 is 10.9 Å². The van der Waals surface area contributed by atoms with Gasteiger partial charge in [-0.25, -0.2) is 4.98 Å². The molecule has 1 aromatic rings. The van der Waals surface area contributed by atoms with Gasteiger partial charge in [-0.2, -0.15) is 0 Å². The third-order valence-electron chi connectivity index (χ3n) is 3.40. The number of anilines is 1. The topological polar surface area (TPSA) is 57.8 Å². The van der Waals surface area contributed by atoms with Crippen molar-refractivity contribution in [3.63, 3.8) is 0 Å². The van der Waals surface area contributed by atoms with Gasteiger partial charge in [-0.3, -0.25) is 4.79 Å². The molecule has 0 saturated heterocycles. The summed E-state index contributed by atoms with van der Waals surface area (Å²) >= 11 is 0. The largest absolute Gasteiger partial charge is 0.365 e. The summed E-state index contributed by atoms with van der Waals surface area (Å²) < 4.78 is 0. The van der Waals surface area contributed by atoms with Crippen LogP contribution in [0.15, 0.2) is 17.2 Å². The number of nitrogens with one attached hydrogen (secondary N) is 2. The predicted octanol–water partition coefficient (Wildman–Crippen LogP) is 2.01. The van der Waals surface area contributed by atoms with Gasteiger partial charge in [0.05, 0.1) is 0 Å². The van der Waals surface area contributed by atoms with Gasteiger partial charge < -0.3 is 10.3 Å². The van der Waals surface area contributed by atoms with Crippen molar-refractivity contribution < 1.29 is 0 Å². The van der Waals surface area contributed by atoms with Crippen LogP contribution in [0.2, 0.25) is 0 Å². The Morgan fingerprint density at radius 1 is 1.44 bits per heavy atom. The number of aromatic amines is 1. The summed E-state index contributed by atoms with van der Waals surface area (Å²) in [5.41, 5.74) is -0.133. The molecule has 1 saturated carbocycles. The fourth-order valence-corrected chi connectivity index (χ4v) is 2.25. The van der Waals surface area contributed by atoms with Gasteiger partial charge in [0.15, 0.2) is 5.82 Å². The maximum Gasteiger partial charge on any atom is 0.290 e. The highest BCUT2D eigenvalue weighted by Gasteiger charge is 2.18. The van der Waals surface area contributed by atoms with Gasteiger partial charge in [0.2, 0.25) is 0 Å². The summed E-state index contributed by atoms with van der Waals surface area (Å²) in [6, 6.07) is 0. The molecule has 16 heavy (non-hydrogen) atoms. The molecule has 0 aromatic carbocycles. The van der Waals surface area contributed by atoms with Crippen LogP contribution in [0.25, 0.3) is 0 Å². The molecule has 0 atom stereocenters. The predicted molar refractivity (Wildman–Crippen MR) is 64.5 cm³/mol. The second kappa shape index (κ2) is 5.14. The molecule has 0 unspecified atom stereocenters. The Bertz CT molecular complexity index is 380. The summed E-state index contributed by atoms with van der Waals surface area (Å²) in [4.78, 5) is 18.0. The van der Waals surface area contributed by atoms with Crippen molar-refractivity contribution in [3.8, 4) is 0 Å². The van der Waals surface area contributed by atoms with Crippen LogP contribution in [0, 0.1) is 11.8 Å². The molecule has 1 aromatic heterocycles. The van der Waals surface area contributed by atoms with Gasteiger partial charge in [-0.05, 0) is 24.7 Å². The van der Waals surface area contributed by atoms with Crippen LogP contribution in [0.4, 0.5) is 5.82 Å². The number of hydrogen-bond acceptors (Lipinski definition) is 3. The Balaban J connectivity index is 1.84. The van der Waals surface area contributed by atoms with E-state index in [2.05, 4.69) is 22.2 Å². The highest BCUT2D eigenvalue weighted by Crippen LogP contribution is 2.27. The fourth-order valence-electron chi connectivity index (χ4n) is 2.25. The molecule has 0 spiro atoms. The van der Waals surface area contributed by atoms with Gasteiger partial charge in [-0.1, -0.05) is 19.8 Å². The first-order valence-electron chi connectivity index (χ1n) is 6.03. The number of H-pyrrole nitrogens is 1. The van der Waals surface area contributed by atoms with E-state index in [0.717, 1.165) is 12.5 Å². The maximum absolute atomic E-state index is 11.4. The zero-order valence-electron chi connectivity index (χ0n) is 9.70. The van der Waals surface area contributed by atoms with Crippen LogP contribution in [0.5, 0.6) is 0 Å². The van der Waals surface area contributed by atoms with Gasteiger partial charge in [0.1, 0.15) is 0 Å². The van der Waals surface area contributed by atoms with Gasteiger partial charge >= 0.3 is 0 Å². The zero-order valence-corrected chi connectivity index (χ0v) is 9.70. The first-order valence-corrected chi connectivity index (χ1v) is 6.03. The lowest BCUT2D eigenvalue weighted by atomic mass is 9.83. The third kappa shape index (κ3) is 2.84. The van der Waals surface area contributed by atoms with E-state index in [1.807, 2.05) is 0 Å². The van der Waals surface area contributed by atoms with E-state index < -0.39 is 0 Å². The SMILES string of the molecule is CC1CCC(CNc2ncc[nH]c2=O)CC1. The van der Waals surface area contributed by atoms with Crippen molar-refractivity contribution in [3.05, 3.63) is 22.7 Å². The molecule has 2 N–H and O–H groups in total. The smallest absolute Gasteiger partial charge is 0.290 e. The molecule has 0 aliphatic heterocycles. The minimum atomic E-state index is -0.133. The summed E-state index contributed by atoms with van der Waals surface area (Å²) in [6.07, 6.45) is 8.30. The Morgan fingerprint density at radius 3 is 2.88 bits per heavy atom. The number of hydrogen-bond donors (Lipinski definition) is 2. The molecular formula is C12H19N3O. The Labute approximate surface area is 95.5 Å². The van der Waals surface area contributed by atoms with Crippen molar-refractivity contribution in [2.45, 2.75) is 32.6 Å². The minimum Gasteiger partial charge on any atom is -0.365 e. The Hall–Kier alpha value is -1.32. The fraction of sp³-hybridized carbons (Fsp3) is 0.667. The lowest BCUT2D eigenvalue weighted by molar-refractivity contribution is 0.300. The van der Waals surface area contributed by atoms with Crippen molar-refractivity contribution in [1.29, 1.82) is 0 Å². The van der Waals surface area contributed by atoms with Gasteiger partial charge in [0.25, 0.3) is 5.56 Å². The average molecular weight is 221 g/mol. The van der Waals surface area contributed by atoms with E-state index in [4.69, 9.17) is 0 Å². The molecule has 0 radical (unpaired) electrons. The highest BCUT2D eigenvalue weighted by molar-refractivity contribution is 5.29. The van der Waals surface area contributed by atoms with E-state index in [-0.39, 0.29) is 5.56 Å². The number of nitrogens with zero attached hydrogens (tertiary/aromatic N) is 1. The first-order chi connectivity index (χ1) is 7.75. The molecule has 1 fully saturated rings. The molecule has 4 heteroatoms. The quantitative estimate of drug-likeness (QED) is 0.820. The van der Waals surface area contributed by atoms with Crippen LogP contribution in [0.3, 0.4) is 0 Å². The Kier molecular flexibility index (Phi) is 3.59. The van der Waals surface area contributed by atoms with E-state index in [0.29, 0.717) is 11.7 Å². The van der Waals surface area contributed by atoms with Gasteiger partial charge in [0, 0.05) is 18.9 Å². The van der Waals surface area contributed by atoms with Crippen molar-refractivity contribution >= 4 is 5.82 Å². The standard InChI is InChI=1S/C12H19N3O/c1-9-2-4-10(5-3-9)8-15-11-12(16)14-7-6-13-11/h6-7,9-10H,2-5,8H2,1H3,(H,13,15)(H,14,16). The monoisotopic (exact) mass is 221 g/mol. The molecule has 0 bridgehead atoms. The Morgan fingerprint density at radius 2 is 2.19 bits per heavy atom. The second-order valence-corrected chi connectivity index (χ2v) is 4.77. The van der Waals surface area contributed by atoms with E-state index >= 15 is 0 Å². The second-order valence-electron chi connectivity index (χ2n) is 4.77. The van der Waals surface area contributed by atoms with Crippen molar-refractivity contribution in [1.82, 2.24) is 9.97 Å².